The number of halogens is 2. The first-order valence-electron chi connectivity index (χ1n) is 9.62. The molecule has 0 aliphatic rings. The maximum atomic E-state index is 13.3. The summed E-state index contributed by atoms with van der Waals surface area (Å²) >= 11 is 0. The van der Waals surface area contributed by atoms with E-state index in [1.165, 1.54) is 27.8 Å². The summed E-state index contributed by atoms with van der Waals surface area (Å²) in [6.07, 6.45) is 2.93. The Balaban J connectivity index is 1.44. The van der Waals surface area contributed by atoms with Crippen molar-refractivity contribution in [2.45, 2.75) is 20.0 Å². The molecule has 4 rings (SSSR count). The first-order valence-corrected chi connectivity index (χ1v) is 9.62. The van der Waals surface area contributed by atoms with Crippen LogP contribution < -0.4 is 10.9 Å². The Morgan fingerprint density at radius 3 is 2.61 bits per heavy atom. The van der Waals surface area contributed by atoms with E-state index >= 15 is 0 Å². The maximum absolute atomic E-state index is 13.3. The largest absolute Gasteiger partial charge is 0.350 e. The molecule has 9 heteroatoms. The van der Waals surface area contributed by atoms with Crippen LogP contribution in [0.25, 0.3) is 11.0 Å². The molecule has 0 saturated heterocycles. The van der Waals surface area contributed by atoms with Crippen molar-refractivity contribution in [2.75, 3.05) is 6.54 Å². The van der Waals surface area contributed by atoms with E-state index in [0.717, 1.165) is 23.3 Å². The molecule has 7 nitrogen and oxygen atoms in total. The van der Waals surface area contributed by atoms with Crippen molar-refractivity contribution in [1.29, 1.82) is 0 Å². The average molecular weight is 423 g/mol. The van der Waals surface area contributed by atoms with Gasteiger partial charge in [0.2, 0.25) is 0 Å². The molecule has 0 radical (unpaired) electrons. The number of hydrogen-bond acceptors (Lipinski definition) is 4. The van der Waals surface area contributed by atoms with Gasteiger partial charge in [0.25, 0.3) is 11.5 Å². The van der Waals surface area contributed by atoms with Crippen molar-refractivity contribution in [3.63, 3.8) is 0 Å². The summed E-state index contributed by atoms with van der Waals surface area (Å²) in [6.45, 7) is 2.83. The van der Waals surface area contributed by atoms with Gasteiger partial charge in [-0.3, -0.25) is 14.2 Å². The predicted octanol–water partition coefficient (Wildman–Crippen LogP) is 2.66. The molecule has 0 aliphatic carbocycles. The molecule has 0 unspecified atom stereocenters. The number of benzene rings is 2. The van der Waals surface area contributed by atoms with Crippen LogP contribution >= 0.6 is 0 Å². The SMILES string of the molecule is Cc1ccc(Cn2cnc3c(cnn3CCNC(=O)c3ccc(F)c(F)c3)c2=O)cc1. The number of aromatic nitrogens is 4. The first-order chi connectivity index (χ1) is 14.9. The summed E-state index contributed by atoms with van der Waals surface area (Å²) in [4.78, 5) is 29.2. The van der Waals surface area contributed by atoms with Gasteiger partial charge in [-0.2, -0.15) is 5.10 Å². The van der Waals surface area contributed by atoms with Crippen LogP contribution in [0.15, 0.2) is 59.8 Å². The van der Waals surface area contributed by atoms with Gasteiger partial charge >= 0.3 is 0 Å². The van der Waals surface area contributed by atoms with Crippen molar-refractivity contribution in [3.8, 4) is 0 Å². The molecule has 2 aromatic carbocycles. The zero-order chi connectivity index (χ0) is 22.0. The monoisotopic (exact) mass is 423 g/mol. The molecule has 0 atom stereocenters. The fraction of sp³-hybridized carbons (Fsp3) is 0.182. The molecule has 2 aromatic heterocycles. The summed E-state index contributed by atoms with van der Waals surface area (Å²) in [5, 5.41) is 7.18. The van der Waals surface area contributed by atoms with E-state index in [-0.39, 0.29) is 24.2 Å². The number of aryl methyl sites for hydroxylation is 1. The molecule has 2 heterocycles. The highest BCUT2D eigenvalue weighted by atomic mass is 19.2. The fourth-order valence-electron chi connectivity index (χ4n) is 3.18. The van der Waals surface area contributed by atoms with Crippen molar-refractivity contribution >= 4 is 16.9 Å². The smallest absolute Gasteiger partial charge is 0.264 e. The lowest BCUT2D eigenvalue weighted by Gasteiger charge is -2.08. The lowest BCUT2D eigenvalue weighted by Crippen LogP contribution is -2.28. The van der Waals surface area contributed by atoms with Gasteiger partial charge in [0.15, 0.2) is 17.3 Å². The van der Waals surface area contributed by atoms with Crippen LogP contribution in [0.2, 0.25) is 0 Å². The zero-order valence-corrected chi connectivity index (χ0v) is 16.7. The van der Waals surface area contributed by atoms with Crippen LogP contribution in [0.4, 0.5) is 8.78 Å². The fourth-order valence-corrected chi connectivity index (χ4v) is 3.18. The second-order valence-electron chi connectivity index (χ2n) is 7.15. The van der Waals surface area contributed by atoms with Gasteiger partial charge in [0.1, 0.15) is 11.7 Å². The van der Waals surface area contributed by atoms with Crippen LogP contribution in [0.5, 0.6) is 0 Å². The average Bonchev–Trinajstić information content (AvgIpc) is 3.17. The summed E-state index contributed by atoms with van der Waals surface area (Å²) in [5.41, 5.74) is 2.35. The Bertz CT molecular complexity index is 1310. The third-order valence-electron chi connectivity index (χ3n) is 4.89. The Morgan fingerprint density at radius 1 is 1.10 bits per heavy atom. The third kappa shape index (κ3) is 4.35. The highest BCUT2D eigenvalue weighted by molar-refractivity contribution is 5.94. The number of rotatable bonds is 6. The van der Waals surface area contributed by atoms with E-state index in [1.807, 2.05) is 31.2 Å². The minimum atomic E-state index is -1.09. The van der Waals surface area contributed by atoms with Crippen LogP contribution in [0.1, 0.15) is 21.5 Å². The molecule has 4 aromatic rings. The second-order valence-corrected chi connectivity index (χ2v) is 7.15. The Morgan fingerprint density at radius 2 is 1.87 bits per heavy atom. The van der Waals surface area contributed by atoms with E-state index < -0.39 is 17.5 Å². The maximum Gasteiger partial charge on any atom is 0.264 e. The predicted molar refractivity (Wildman–Crippen MR) is 111 cm³/mol. The number of fused-ring (bicyclic) bond motifs is 1. The molecule has 1 N–H and O–H groups in total. The van der Waals surface area contributed by atoms with E-state index in [2.05, 4.69) is 15.4 Å². The van der Waals surface area contributed by atoms with E-state index in [9.17, 15) is 18.4 Å². The number of carbonyl (C=O) groups excluding carboxylic acids is 1. The Kier molecular flexibility index (Phi) is 5.57. The van der Waals surface area contributed by atoms with Gasteiger partial charge < -0.3 is 5.32 Å². The molecular formula is C22H19F2N5O2. The highest BCUT2D eigenvalue weighted by Crippen LogP contribution is 2.10. The van der Waals surface area contributed by atoms with E-state index in [4.69, 9.17) is 0 Å². The van der Waals surface area contributed by atoms with Crippen molar-refractivity contribution in [3.05, 3.63) is 93.7 Å². The lowest BCUT2D eigenvalue weighted by atomic mass is 10.1. The zero-order valence-electron chi connectivity index (χ0n) is 16.7. The molecular weight excluding hydrogens is 404 g/mol. The molecule has 0 saturated carbocycles. The minimum absolute atomic E-state index is 0.0151. The van der Waals surface area contributed by atoms with Gasteiger partial charge in [-0.15, -0.1) is 0 Å². The van der Waals surface area contributed by atoms with Crippen molar-refractivity contribution in [1.82, 2.24) is 24.6 Å². The van der Waals surface area contributed by atoms with Gasteiger partial charge in [-0.25, -0.2) is 18.4 Å². The summed E-state index contributed by atoms with van der Waals surface area (Å²) in [5.74, 6) is -2.64. The van der Waals surface area contributed by atoms with Crippen LogP contribution in [-0.4, -0.2) is 31.8 Å². The molecule has 31 heavy (non-hydrogen) atoms. The molecule has 1 amide bonds. The van der Waals surface area contributed by atoms with Crippen molar-refractivity contribution in [2.24, 2.45) is 0 Å². The van der Waals surface area contributed by atoms with E-state index in [0.29, 0.717) is 17.6 Å². The standard InChI is InChI=1S/C22H19F2N5O2/c1-14-2-4-15(5-3-14)12-28-13-26-20-17(22(28)31)11-27-29(20)9-8-25-21(30)16-6-7-18(23)19(24)10-16/h2-7,10-11,13H,8-9,12H2,1H3,(H,25,30). The van der Waals surface area contributed by atoms with E-state index in [1.54, 1.807) is 0 Å². The summed E-state index contributed by atoms with van der Waals surface area (Å²) < 4.78 is 29.3. The Labute approximate surface area is 176 Å². The van der Waals surface area contributed by atoms with Gasteiger partial charge in [0.05, 0.1) is 19.3 Å². The topological polar surface area (TPSA) is 81.8 Å². The molecule has 0 fully saturated rings. The normalized spacial score (nSPS) is 11.1. The number of amides is 1. The number of nitrogens with zero attached hydrogens (tertiary/aromatic N) is 4. The highest BCUT2D eigenvalue weighted by Gasteiger charge is 2.12. The Hall–Kier alpha value is -3.88. The molecule has 0 bridgehead atoms. The molecule has 0 spiro atoms. The molecule has 158 valence electrons. The minimum Gasteiger partial charge on any atom is -0.350 e. The van der Waals surface area contributed by atoms with Crippen molar-refractivity contribution < 1.29 is 13.6 Å². The third-order valence-corrected chi connectivity index (χ3v) is 4.89. The number of nitrogens with one attached hydrogen (secondary N) is 1. The van der Waals surface area contributed by atoms with Crippen LogP contribution in [0.3, 0.4) is 0 Å². The number of hydrogen-bond donors (Lipinski definition) is 1. The quantitative estimate of drug-likeness (QED) is 0.517. The lowest BCUT2D eigenvalue weighted by molar-refractivity contribution is 0.0951. The number of carbonyl (C=O) groups is 1. The summed E-state index contributed by atoms with van der Waals surface area (Å²) in [7, 11) is 0. The van der Waals surface area contributed by atoms with Gasteiger partial charge in [-0.05, 0) is 30.7 Å². The summed E-state index contributed by atoms with van der Waals surface area (Å²) in [6, 6.07) is 10.8. The van der Waals surface area contributed by atoms with Crippen LogP contribution in [0, 0.1) is 18.6 Å². The van der Waals surface area contributed by atoms with Gasteiger partial charge in [-0.1, -0.05) is 29.8 Å². The first kappa shape index (κ1) is 20.4. The van der Waals surface area contributed by atoms with Crippen LogP contribution in [-0.2, 0) is 13.1 Å². The molecule has 0 aliphatic heterocycles. The van der Waals surface area contributed by atoms with Gasteiger partial charge in [0, 0.05) is 12.1 Å². The second kappa shape index (κ2) is 8.47.